The van der Waals surface area contributed by atoms with Crippen LogP contribution in [0.5, 0.6) is 0 Å². The fourth-order valence-corrected chi connectivity index (χ4v) is 3.53. The summed E-state index contributed by atoms with van der Waals surface area (Å²) in [5, 5.41) is 8.86. The Kier molecular flexibility index (Phi) is 7.27. The largest absolute Gasteiger partial charge is 0.341 e. The SMILES string of the molecule is CCC(CC)[P+](=S)OC(C#N)C(C)C. The smallest absolute Gasteiger partial charge is 0.195 e. The van der Waals surface area contributed by atoms with Crippen molar-refractivity contribution in [3.05, 3.63) is 0 Å². The molecule has 0 aliphatic heterocycles. The standard InChI is InChI=1S/C10H19NOPS/c1-5-9(6-2)13(14)12-10(7-11)8(3)4/h8-10H,5-6H2,1-4H3/q+1. The Labute approximate surface area is 93.2 Å². The summed E-state index contributed by atoms with van der Waals surface area (Å²) in [6.07, 6.45) is 1.75. The van der Waals surface area contributed by atoms with Crippen LogP contribution < -0.4 is 0 Å². The van der Waals surface area contributed by atoms with Gasteiger partial charge in [-0.1, -0.05) is 27.7 Å². The van der Waals surface area contributed by atoms with Crippen molar-refractivity contribution in [2.24, 2.45) is 5.92 Å². The molecule has 0 heterocycles. The molecule has 0 aromatic rings. The molecule has 14 heavy (non-hydrogen) atoms. The third kappa shape index (κ3) is 4.46. The quantitative estimate of drug-likeness (QED) is 0.656. The van der Waals surface area contributed by atoms with Crippen molar-refractivity contribution in [1.29, 1.82) is 5.26 Å². The van der Waals surface area contributed by atoms with Gasteiger partial charge in [-0.2, -0.15) is 5.26 Å². The van der Waals surface area contributed by atoms with Crippen molar-refractivity contribution in [3.63, 3.8) is 0 Å². The zero-order valence-corrected chi connectivity index (χ0v) is 11.1. The van der Waals surface area contributed by atoms with Gasteiger partial charge >= 0.3 is 6.92 Å². The van der Waals surface area contributed by atoms with Gasteiger partial charge in [-0.05, 0) is 18.8 Å². The first-order chi connectivity index (χ1) is 6.56. The van der Waals surface area contributed by atoms with Gasteiger partial charge in [0.15, 0.2) is 23.6 Å². The van der Waals surface area contributed by atoms with Gasteiger partial charge in [-0.3, -0.25) is 0 Å². The highest BCUT2D eigenvalue weighted by molar-refractivity contribution is 8.03. The maximum absolute atomic E-state index is 8.86. The maximum atomic E-state index is 8.86. The molecule has 0 aromatic carbocycles. The second-order valence-electron chi connectivity index (χ2n) is 3.65. The van der Waals surface area contributed by atoms with Crippen molar-refractivity contribution in [2.75, 3.05) is 0 Å². The summed E-state index contributed by atoms with van der Waals surface area (Å²) in [6, 6.07) is 2.16. The molecule has 2 atom stereocenters. The number of hydrogen-bond donors (Lipinski definition) is 0. The monoisotopic (exact) mass is 232 g/mol. The average molecular weight is 232 g/mol. The molecule has 0 aliphatic carbocycles. The lowest BCUT2D eigenvalue weighted by Crippen LogP contribution is -2.16. The van der Waals surface area contributed by atoms with E-state index in [1.165, 1.54) is 0 Å². The summed E-state index contributed by atoms with van der Waals surface area (Å²) in [5.74, 6) is 0.224. The molecule has 0 aromatic heterocycles. The number of nitrogens with zero attached hydrogens (tertiary/aromatic N) is 1. The highest BCUT2D eigenvalue weighted by Gasteiger charge is 2.29. The van der Waals surface area contributed by atoms with E-state index < -0.39 is 6.92 Å². The number of rotatable bonds is 6. The number of nitriles is 1. The Morgan fingerprint density at radius 3 is 2.14 bits per heavy atom. The lowest BCUT2D eigenvalue weighted by Gasteiger charge is -2.09. The van der Waals surface area contributed by atoms with Crippen LogP contribution in [0, 0.1) is 17.2 Å². The minimum atomic E-state index is -0.861. The summed E-state index contributed by atoms with van der Waals surface area (Å²) >= 11 is 5.31. The summed E-state index contributed by atoms with van der Waals surface area (Å²) in [5.41, 5.74) is 0.453. The Bertz CT molecular complexity index is 221. The molecular formula is C10H19NOPS+. The van der Waals surface area contributed by atoms with E-state index in [-0.39, 0.29) is 12.0 Å². The summed E-state index contributed by atoms with van der Waals surface area (Å²) in [7, 11) is 0. The molecule has 0 spiro atoms. The first kappa shape index (κ1) is 14.0. The summed E-state index contributed by atoms with van der Waals surface area (Å²) in [4.78, 5) is 0. The summed E-state index contributed by atoms with van der Waals surface area (Å²) < 4.78 is 5.62. The van der Waals surface area contributed by atoms with Crippen molar-refractivity contribution in [3.8, 4) is 6.07 Å². The molecule has 0 N–H and O–H groups in total. The van der Waals surface area contributed by atoms with E-state index in [0.717, 1.165) is 12.8 Å². The second-order valence-corrected chi connectivity index (χ2v) is 6.25. The van der Waals surface area contributed by atoms with E-state index in [2.05, 4.69) is 19.9 Å². The number of hydrogen-bond acceptors (Lipinski definition) is 3. The van der Waals surface area contributed by atoms with Crippen LogP contribution in [-0.4, -0.2) is 11.8 Å². The predicted molar refractivity (Wildman–Crippen MR) is 64.0 cm³/mol. The lowest BCUT2D eigenvalue weighted by molar-refractivity contribution is 0.230. The van der Waals surface area contributed by atoms with Crippen molar-refractivity contribution in [1.82, 2.24) is 0 Å². The van der Waals surface area contributed by atoms with Crippen LogP contribution in [0.15, 0.2) is 0 Å². The van der Waals surface area contributed by atoms with Crippen molar-refractivity contribution >= 4 is 18.7 Å². The highest BCUT2D eigenvalue weighted by atomic mass is 32.4. The third-order valence-corrected chi connectivity index (χ3v) is 5.10. The Hall–Kier alpha value is -0.0300. The Morgan fingerprint density at radius 1 is 1.36 bits per heavy atom. The first-order valence-corrected chi connectivity index (χ1v) is 7.43. The zero-order chi connectivity index (χ0) is 11.1. The van der Waals surface area contributed by atoms with Crippen LogP contribution in [0.3, 0.4) is 0 Å². The molecule has 0 aliphatic rings. The Balaban J connectivity index is 4.23. The van der Waals surface area contributed by atoms with Gasteiger partial charge in [0.25, 0.3) is 0 Å². The maximum Gasteiger partial charge on any atom is 0.341 e. The summed E-state index contributed by atoms with van der Waals surface area (Å²) in [6.45, 7) is 7.35. The molecule has 2 unspecified atom stereocenters. The van der Waals surface area contributed by atoms with Gasteiger partial charge in [0, 0.05) is 0 Å². The molecule has 0 saturated carbocycles. The van der Waals surface area contributed by atoms with Gasteiger partial charge in [0.05, 0.1) is 6.07 Å². The molecule has 0 amide bonds. The lowest BCUT2D eigenvalue weighted by atomic mass is 10.1. The van der Waals surface area contributed by atoms with E-state index in [0.29, 0.717) is 5.66 Å². The van der Waals surface area contributed by atoms with Crippen LogP contribution in [0.25, 0.3) is 0 Å². The highest BCUT2D eigenvalue weighted by Crippen LogP contribution is 2.36. The van der Waals surface area contributed by atoms with Gasteiger partial charge in [0.1, 0.15) is 0 Å². The van der Waals surface area contributed by atoms with Gasteiger partial charge in [0.2, 0.25) is 0 Å². The molecule has 80 valence electrons. The minimum absolute atomic E-state index is 0.224. The van der Waals surface area contributed by atoms with Gasteiger partial charge in [-0.25, -0.2) is 0 Å². The van der Waals surface area contributed by atoms with E-state index in [4.69, 9.17) is 21.6 Å². The first-order valence-electron chi connectivity index (χ1n) is 5.09. The van der Waals surface area contributed by atoms with Crippen LogP contribution in [0.2, 0.25) is 0 Å². The van der Waals surface area contributed by atoms with E-state index in [9.17, 15) is 0 Å². The molecule has 0 fully saturated rings. The minimum Gasteiger partial charge on any atom is -0.195 e. The van der Waals surface area contributed by atoms with Crippen LogP contribution in [0.4, 0.5) is 0 Å². The van der Waals surface area contributed by atoms with Crippen molar-refractivity contribution in [2.45, 2.75) is 52.3 Å². The van der Waals surface area contributed by atoms with E-state index in [1.54, 1.807) is 0 Å². The zero-order valence-electron chi connectivity index (χ0n) is 9.36. The fourth-order valence-electron chi connectivity index (χ4n) is 1.08. The van der Waals surface area contributed by atoms with Gasteiger partial charge < -0.3 is 0 Å². The average Bonchev–Trinajstić information content (AvgIpc) is 2.15. The third-order valence-electron chi connectivity index (χ3n) is 2.19. The van der Waals surface area contributed by atoms with Crippen LogP contribution in [-0.2, 0) is 16.3 Å². The molecule has 0 bridgehead atoms. The fraction of sp³-hybridized carbons (Fsp3) is 0.900. The molecule has 0 rings (SSSR count). The molecule has 0 radical (unpaired) electrons. The van der Waals surface area contributed by atoms with E-state index >= 15 is 0 Å². The van der Waals surface area contributed by atoms with E-state index in [1.807, 2.05) is 13.8 Å². The second kappa shape index (κ2) is 7.29. The molecule has 4 heteroatoms. The normalized spacial score (nSPS) is 14.2. The molecule has 0 saturated heterocycles. The molecular weight excluding hydrogens is 213 g/mol. The van der Waals surface area contributed by atoms with Crippen LogP contribution in [0.1, 0.15) is 40.5 Å². The van der Waals surface area contributed by atoms with Crippen LogP contribution >= 0.6 is 6.92 Å². The predicted octanol–water partition coefficient (Wildman–Crippen LogP) is 3.60. The van der Waals surface area contributed by atoms with Gasteiger partial charge in [-0.15, -0.1) is 4.52 Å². The Morgan fingerprint density at radius 2 is 1.86 bits per heavy atom. The van der Waals surface area contributed by atoms with Crippen molar-refractivity contribution < 1.29 is 4.52 Å². The molecule has 2 nitrogen and oxygen atoms in total. The topological polar surface area (TPSA) is 33.0 Å².